The van der Waals surface area contributed by atoms with Gasteiger partial charge in [-0.1, -0.05) is 20.8 Å². The van der Waals surface area contributed by atoms with Crippen LogP contribution in [0.1, 0.15) is 26.5 Å². The van der Waals surface area contributed by atoms with E-state index in [0.29, 0.717) is 5.88 Å². The second-order valence-corrected chi connectivity index (χ2v) is 5.18. The van der Waals surface area contributed by atoms with E-state index in [9.17, 15) is 0 Å². The summed E-state index contributed by atoms with van der Waals surface area (Å²) in [5, 5.41) is 0. The van der Waals surface area contributed by atoms with E-state index in [1.165, 1.54) is 0 Å². The molecule has 0 bridgehead atoms. The van der Waals surface area contributed by atoms with E-state index < -0.39 is 0 Å². The number of hydrogen-bond acceptors (Lipinski definition) is 3. The van der Waals surface area contributed by atoms with Crippen LogP contribution in [0.2, 0.25) is 0 Å². The molecule has 84 valence electrons. The molecule has 1 aromatic rings. The van der Waals surface area contributed by atoms with Crippen LogP contribution in [0, 0.1) is 5.41 Å². The van der Waals surface area contributed by atoms with Crippen LogP contribution in [-0.4, -0.2) is 23.6 Å². The molecule has 0 aliphatic rings. The molecule has 0 saturated carbocycles. The zero-order valence-electron chi connectivity index (χ0n) is 9.79. The Bertz CT molecular complexity index is 303. The average molecular weight is 228 g/mol. The van der Waals surface area contributed by atoms with E-state index in [4.69, 9.17) is 11.6 Å². The van der Waals surface area contributed by atoms with Crippen LogP contribution in [-0.2, 0) is 5.88 Å². The van der Waals surface area contributed by atoms with Gasteiger partial charge >= 0.3 is 0 Å². The van der Waals surface area contributed by atoms with Crippen LogP contribution in [0.3, 0.4) is 0 Å². The average Bonchev–Trinajstić information content (AvgIpc) is 2.15. The summed E-state index contributed by atoms with van der Waals surface area (Å²) in [5.74, 6) is 1.30. The van der Waals surface area contributed by atoms with E-state index in [2.05, 4.69) is 35.6 Å². The lowest BCUT2D eigenvalue weighted by molar-refractivity contribution is 0.417. The van der Waals surface area contributed by atoms with Crippen molar-refractivity contribution >= 4 is 17.4 Å². The molecule has 3 nitrogen and oxygen atoms in total. The van der Waals surface area contributed by atoms with Gasteiger partial charge < -0.3 is 4.90 Å². The fraction of sp³-hybridized carbons (Fsp3) is 0.636. The first-order valence-corrected chi connectivity index (χ1v) is 5.54. The normalized spacial score (nSPS) is 11.5. The Labute approximate surface area is 96.5 Å². The lowest BCUT2D eigenvalue weighted by Gasteiger charge is -2.27. The largest absolute Gasteiger partial charge is 0.358 e. The zero-order chi connectivity index (χ0) is 11.5. The number of hydrogen-bond donors (Lipinski definition) is 0. The summed E-state index contributed by atoms with van der Waals surface area (Å²) in [7, 11) is 2.02. The topological polar surface area (TPSA) is 29.0 Å². The van der Waals surface area contributed by atoms with Crippen molar-refractivity contribution in [2.24, 2.45) is 5.41 Å². The van der Waals surface area contributed by atoms with Gasteiger partial charge in [0.25, 0.3) is 0 Å². The van der Waals surface area contributed by atoms with Gasteiger partial charge in [-0.25, -0.2) is 4.98 Å². The van der Waals surface area contributed by atoms with E-state index in [0.717, 1.165) is 18.1 Å². The molecule has 0 aromatic carbocycles. The molecule has 0 spiro atoms. The lowest BCUT2D eigenvalue weighted by atomic mass is 9.96. The minimum Gasteiger partial charge on any atom is -0.358 e. The first kappa shape index (κ1) is 12.2. The van der Waals surface area contributed by atoms with Gasteiger partial charge in [0.1, 0.15) is 5.82 Å². The molecule has 0 amide bonds. The molecule has 0 aliphatic heterocycles. The minimum absolute atomic E-state index is 0.252. The van der Waals surface area contributed by atoms with Crippen molar-refractivity contribution in [3.63, 3.8) is 0 Å². The summed E-state index contributed by atoms with van der Waals surface area (Å²) in [6.45, 7) is 7.54. The molecular formula is C11H18ClN3. The van der Waals surface area contributed by atoms with Crippen molar-refractivity contribution in [1.29, 1.82) is 0 Å². The highest BCUT2D eigenvalue weighted by molar-refractivity contribution is 6.16. The summed E-state index contributed by atoms with van der Waals surface area (Å²) in [4.78, 5) is 10.6. The number of halogens is 1. The molecule has 0 saturated heterocycles. The summed E-state index contributed by atoms with van der Waals surface area (Å²) in [6.07, 6.45) is 3.49. The van der Waals surface area contributed by atoms with Gasteiger partial charge in [-0.3, -0.25) is 4.98 Å². The Morgan fingerprint density at radius 2 is 1.93 bits per heavy atom. The van der Waals surface area contributed by atoms with Crippen molar-refractivity contribution in [3.8, 4) is 0 Å². The van der Waals surface area contributed by atoms with Gasteiger partial charge in [-0.15, -0.1) is 11.6 Å². The van der Waals surface area contributed by atoms with Crippen LogP contribution in [0.4, 0.5) is 5.82 Å². The molecule has 0 N–H and O–H groups in total. The maximum Gasteiger partial charge on any atom is 0.146 e. The Kier molecular flexibility index (Phi) is 3.91. The highest BCUT2D eigenvalue weighted by Gasteiger charge is 2.14. The van der Waals surface area contributed by atoms with Crippen molar-refractivity contribution in [1.82, 2.24) is 9.97 Å². The molecule has 1 rings (SSSR count). The van der Waals surface area contributed by atoms with E-state index in [-0.39, 0.29) is 5.41 Å². The quantitative estimate of drug-likeness (QED) is 0.744. The molecule has 1 aromatic heterocycles. The van der Waals surface area contributed by atoms with E-state index in [1.54, 1.807) is 12.4 Å². The zero-order valence-corrected chi connectivity index (χ0v) is 10.5. The van der Waals surface area contributed by atoms with Gasteiger partial charge in [-0.2, -0.15) is 0 Å². The van der Waals surface area contributed by atoms with Crippen LogP contribution < -0.4 is 4.90 Å². The third-order valence-corrected chi connectivity index (χ3v) is 2.21. The Morgan fingerprint density at radius 3 is 2.33 bits per heavy atom. The van der Waals surface area contributed by atoms with Crippen LogP contribution in [0.5, 0.6) is 0 Å². The molecule has 1 heterocycles. The number of aromatic nitrogens is 2. The van der Waals surface area contributed by atoms with Crippen molar-refractivity contribution in [3.05, 3.63) is 18.1 Å². The standard InChI is InChI=1S/C11H18ClN3/c1-11(2,3)8-15(4)10-7-13-9(5-12)6-14-10/h6-7H,5,8H2,1-4H3. The van der Waals surface area contributed by atoms with E-state index >= 15 is 0 Å². The van der Waals surface area contributed by atoms with Gasteiger partial charge in [0.15, 0.2) is 0 Å². The fourth-order valence-corrected chi connectivity index (χ4v) is 1.54. The highest BCUT2D eigenvalue weighted by atomic mass is 35.5. The third kappa shape index (κ3) is 4.04. The number of rotatable bonds is 3. The van der Waals surface area contributed by atoms with Gasteiger partial charge in [0.05, 0.1) is 24.0 Å². The minimum atomic E-state index is 0.252. The first-order valence-electron chi connectivity index (χ1n) is 5.00. The monoisotopic (exact) mass is 227 g/mol. The molecule has 0 radical (unpaired) electrons. The van der Waals surface area contributed by atoms with E-state index in [1.807, 2.05) is 7.05 Å². The number of alkyl halides is 1. The smallest absolute Gasteiger partial charge is 0.146 e. The predicted molar refractivity (Wildman–Crippen MR) is 64.3 cm³/mol. The molecule has 0 unspecified atom stereocenters. The van der Waals surface area contributed by atoms with Crippen molar-refractivity contribution in [2.75, 3.05) is 18.5 Å². The maximum atomic E-state index is 5.65. The Hall–Kier alpha value is -0.830. The molecule has 15 heavy (non-hydrogen) atoms. The molecular weight excluding hydrogens is 210 g/mol. The fourth-order valence-electron chi connectivity index (χ4n) is 1.41. The van der Waals surface area contributed by atoms with Gasteiger partial charge in [0, 0.05) is 13.6 Å². The first-order chi connectivity index (χ1) is 6.92. The summed E-state index contributed by atoms with van der Waals surface area (Å²) >= 11 is 5.65. The van der Waals surface area contributed by atoms with Gasteiger partial charge in [0.2, 0.25) is 0 Å². The number of anilines is 1. The Balaban J connectivity index is 2.70. The molecule has 4 heteroatoms. The second kappa shape index (κ2) is 4.79. The predicted octanol–water partition coefficient (Wildman–Crippen LogP) is 2.70. The van der Waals surface area contributed by atoms with Crippen molar-refractivity contribution in [2.45, 2.75) is 26.7 Å². The van der Waals surface area contributed by atoms with Crippen molar-refractivity contribution < 1.29 is 0 Å². The van der Waals surface area contributed by atoms with Crippen LogP contribution in [0.15, 0.2) is 12.4 Å². The molecule has 0 atom stereocenters. The SMILES string of the molecule is CN(CC(C)(C)C)c1cnc(CCl)cn1. The highest BCUT2D eigenvalue weighted by Crippen LogP contribution is 2.17. The number of nitrogens with zero attached hydrogens (tertiary/aromatic N) is 3. The Morgan fingerprint density at radius 1 is 1.27 bits per heavy atom. The van der Waals surface area contributed by atoms with Crippen LogP contribution >= 0.6 is 11.6 Å². The summed E-state index contributed by atoms with van der Waals surface area (Å²) < 4.78 is 0. The summed E-state index contributed by atoms with van der Waals surface area (Å²) in [6, 6.07) is 0. The molecule has 0 aliphatic carbocycles. The summed E-state index contributed by atoms with van der Waals surface area (Å²) in [5.41, 5.74) is 1.06. The lowest BCUT2D eigenvalue weighted by Crippen LogP contribution is -2.29. The second-order valence-electron chi connectivity index (χ2n) is 4.92. The third-order valence-electron chi connectivity index (χ3n) is 1.93. The maximum absolute atomic E-state index is 5.65. The van der Waals surface area contributed by atoms with Gasteiger partial charge in [-0.05, 0) is 5.41 Å². The van der Waals surface area contributed by atoms with Crippen LogP contribution in [0.25, 0.3) is 0 Å². The molecule has 0 fully saturated rings.